The summed E-state index contributed by atoms with van der Waals surface area (Å²) in [6.45, 7) is 3.77. The number of carboxylic acids is 1. The number of aliphatic carboxylic acids is 1. The first kappa shape index (κ1) is 28.2. The van der Waals surface area contributed by atoms with Crippen LogP contribution in [0, 0.1) is 5.92 Å². The largest absolute Gasteiger partial charge is 0.481 e. The van der Waals surface area contributed by atoms with E-state index in [2.05, 4.69) is 20.9 Å². The average Bonchev–Trinajstić information content (AvgIpc) is 3.61. The van der Waals surface area contributed by atoms with Crippen LogP contribution in [0.5, 0.6) is 11.5 Å². The van der Waals surface area contributed by atoms with Crippen molar-refractivity contribution in [2.45, 2.75) is 38.6 Å². The minimum Gasteiger partial charge on any atom is -0.481 e. The van der Waals surface area contributed by atoms with E-state index in [1.165, 1.54) is 0 Å². The summed E-state index contributed by atoms with van der Waals surface area (Å²) >= 11 is 0. The number of benzene rings is 2. The molecule has 0 saturated heterocycles. The number of ether oxygens (including phenoxy) is 2. The van der Waals surface area contributed by atoms with Crippen LogP contribution in [0.4, 0.5) is 5.69 Å². The number of rotatable bonds is 12. The molecule has 0 radical (unpaired) electrons. The molecule has 1 aromatic heterocycles. The van der Waals surface area contributed by atoms with Gasteiger partial charge in [-0.25, -0.2) is 0 Å². The predicted octanol–water partition coefficient (Wildman–Crippen LogP) is 3.05. The third kappa shape index (κ3) is 7.40. The number of aromatic nitrogens is 1. The minimum atomic E-state index is -1.10. The number of hydrogen-bond donors (Lipinski definition) is 5. The summed E-state index contributed by atoms with van der Waals surface area (Å²) in [5, 5.41) is 18.0. The Balaban J connectivity index is 1.33. The van der Waals surface area contributed by atoms with Crippen LogP contribution >= 0.6 is 0 Å². The highest BCUT2D eigenvalue weighted by molar-refractivity contribution is 6.02. The molecule has 11 nitrogen and oxygen atoms in total. The summed E-state index contributed by atoms with van der Waals surface area (Å²) in [6, 6.07) is 14.3. The number of carbonyl (C=O) groups excluding carboxylic acids is 3. The number of aromatic amines is 1. The Kier molecular flexibility index (Phi) is 9.05. The normalized spacial score (nSPS) is 13.4. The lowest BCUT2D eigenvalue weighted by molar-refractivity contribution is -0.139. The molecule has 0 fully saturated rings. The Hall–Kier alpha value is -4.80. The highest BCUT2D eigenvalue weighted by Crippen LogP contribution is 2.34. The minimum absolute atomic E-state index is 0.0294. The molecule has 0 spiro atoms. The van der Waals surface area contributed by atoms with Crippen molar-refractivity contribution in [3.8, 4) is 11.5 Å². The lowest BCUT2D eigenvalue weighted by Crippen LogP contribution is -2.49. The summed E-state index contributed by atoms with van der Waals surface area (Å²) < 4.78 is 10.6. The summed E-state index contributed by atoms with van der Waals surface area (Å²) in [7, 11) is 0. The van der Waals surface area contributed by atoms with Gasteiger partial charge in [0.15, 0.2) is 11.5 Å². The zero-order chi connectivity index (χ0) is 28.6. The quantitative estimate of drug-likeness (QED) is 0.233. The summed E-state index contributed by atoms with van der Waals surface area (Å²) in [6.07, 6.45) is 2.07. The third-order valence-corrected chi connectivity index (χ3v) is 6.36. The molecule has 0 aliphatic carbocycles. The van der Waals surface area contributed by atoms with Crippen molar-refractivity contribution in [2.24, 2.45) is 5.92 Å². The second-order valence-electron chi connectivity index (χ2n) is 9.91. The second kappa shape index (κ2) is 12.8. The van der Waals surface area contributed by atoms with Gasteiger partial charge in [0.2, 0.25) is 18.6 Å². The number of amides is 3. The summed E-state index contributed by atoms with van der Waals surface area (Å²) in [5.41, 5.74) is 2.18. The fourth-order valence-corrected chi connectivity index (χ4v) is 4.31. The Morgan fingerprint density at radius 3 is 2.42 bits per heavy atom. The molecule has 0 unspecified atom stereocenters. The molecule has 0 bridgehead atoms. The zero-order valence-electron chi connectivity index (χ0n) is 22.2. The average molecular weight is 549 g/mol. The van der Waals surface area contributed by atoms with Crippen molar-refractivity contribution < 1.29 is 33.8 Å². The highest BCUT2D eigenvalue weighted by atomic mass is 16.7. The van der Waals surface area contributed by atoms with Crippen molar-refractivity contribution in [2.75, 3.05) is 18.7 Å². The number of carbonyl (C=O) groups is 4. The smallest absolute Gasteiger partial charge is 0.312 e. The molecule has 3 amide bonds. The van der Waals surface area contributed by atoms with Crippen molar-refractivity contribution in [1.29, 1.82) is 0 Å². The van der Waals surface area contributed by atoms with E-state index in [0.717, 1.165) is 0 Å². The van der Waals surface area contributed by atoms with Crippen molar-refractivity contribution in [1.82, 2.24) is 15.6 Å². The number of H-pyrrole nitrogens is 1. The van der Waals surface area contributed by atoms with E-state index >= 15 is 0 Å². The summed E-state index contributed by atoms with van der Waals surface area (Å²) in [4.78, 5) is 52.9. The molecule has 2 atom stereocenters. The molecular formula is C29H32N4O7. The maximum atomic E-state index is 13.1. The van der Waals surface area contributed by atoms with Gasteiger partial charge in [-0.2, -0.15) is 0 Å². The van der Waals surface area contributed by atoms with Gasteiger partial charge >= 0.3 is 5.97 Å². The maximum absolute atomic E-state index is 13.1. The molecule has 3 aromatic rings. The first-order valence-electron chi connectivity index (χ1n) is 12.9. The molecule has 5 N–H and O–H groups in total. The van der Waals surface area contributed by atoms with E-state index in [9.17, 15) is 24.3 Å². The molecule has 1 aliphatic heterocycles. The van der Waals surface area contributed by atoms with Gasteiger partial charge < -0.3 is 35.5 Å². The SMILES string of the molecule is CC(C)C[C@H](NC(=O)Cc1ccc(NC(=O)c2ccc[nH]2)cc1)C(=O)NC[C@@H](C(=O)O)c1ccc2c(c1)OCO2. The van der Waals surface area contributed by atoms with Crippen LogP contribution in [0.2, 0.25) is 0 Å². The van der Waals surface area contributed by atoms with Gasteiger partial charge in [-0.3, -0.25) is 19.2 Å². The summed E-state index contributed by atoms with van der Waals surface area (Å²) in [5.74, 6) is -2.11. The first-order chi connectivity index (χ1) is 19.2. The molecule has 2 heterocycles. The Bertz CT molecular complexity index is 1350. The van der Waals surface area contributed by atoms with Gasteiger partial charge in [0.1, 0.15) is 11.7 Å². The molecular weight excluding hydrogens is 516 g/mol. The Morgan fingerprint density at radius 1 is 1.00 bits per heavy atom. The molecule has 11 heteroatoms. The number of hydrogen-bond acceptors (Lipinski definition) is 6. The second-order valence-corrected chi connectivity index (χ2v) is 9.91. The van der Waals surface area contributed by atoms with E-state index in [1.54, 1.807) is 60.8 Å². The third-order valence-electron chi connectivity index (χ3n) is 6.36. The molecule has 40 heavy (non-hydrogen) atoms. The topological polar surface area (TPSA) is 159 Å². The highest BCUT2D eigenvalue weighted by Gasteiger charge is 2.27. The van der Waals surface area contributed by atoms with Crippen LogP contribution in [0.25, 0.3) is 0 Å². The number of nitrogens with one attached hydrogen (secondary N) is 4. The maximum Gasteiger partial charge on any atom is 0.312 e. The number of carboxylic acid groups (broad SMARTS) is 1. The van der Waals surface area contributed by atoms with E-state index in [0.29, 0.717) is 40.4 Å². The van der Waals surface area contributed by atoms with Crippen LogP contribution in [0.15, 0.2) is 60.8 Å². The van der Waals surface area contributed by atoms with Gasteiger partial charge in [-0.15, -0.1) is 0 Å². The van der Waals surface area contributed by atoms with Gasteiger partial charge in [0.05, 0.1) is 12.3 Å². The molecule has 1 aliphatic rings. The van der Waals surface area contributed by atoms with Crippen LogP contribution < -0.4 is 25.4 Å². The standard InChI is InChI=1S/C29H32N4O7/c1-17(2)12-23(27(35)31-15-21(29(37)38)19-7-10-24-25(14-19)40-16-39-24)33-26(34)13-18-5-8-20(9-6-18)32-28(36)22-4-3-11-30-22/h3-11,14,17,21,23,30H,12-13,15-16H2,1-2H3,(H,31,35)(H,32,36)(H,33,34)(H,37,38)/t21-,23+/m1/s1. The lowest BCUT2D eigenvalue weighted by atomic mass is 9.98. The van der Waals surface area contributed by atoms with Crippen molar-refractivity contribution in [3.63, 3.8) is 0 Å². The van der Waals surface area contributed by atoms with E-state index in [4.69, 9.17) is 9.47 Å². The van der Waals surface area contributed by atoms with Gasteiger partial charge in [-0.1, -0.05) is 32.0 Å². The molecule has 210 valence electrons. The molecule has 0 saturated carbocycles. The predicted molar refractivity (Wildman–Crippen MR) is 146 cm³/mol. The van der Waals surface area contributed by atoms with Gasteiger partial charge in [0, 0.05) is 18.4 Å². The van der Waals surface area contributed by atoms with Gasteiger partial charge in [-0.05, 0) is 59.9 Å². The zero-order valence-corrected chi connectivity index (χ0v) is 22.2. The van der Waals surface area contributed by atoms with Crippen LogP contribution in [-0.2, 0) is 20.8 Å². The van der Waals surface area contributed by atoms with Crippen LogP contribution in [-0.4, -0.2) is 53.2 Å². The Morgan fingerprint density at radius 2 is 1.75 bits per heavy atom. The number of anilines is 1. The Labute approximate surface area is 231 Å². The fourth-order valence-electron chi connectivity index (χ4n) is 4.31. The van der Waals surface area contributed by atoms with Crippen molar-refractivity contribution >= 4 is 29.4 Å². The first-order valence-corrected chi connectivity index (χ1v) is 12.9. The van der Waals surface area contributed by atoms with Crippen LogP contribution in [0.3, 0.4) is 0 Å². The lowest BCUT2D eigenvalue weighted by Gasteiger charge is -2.22. The van der Waals surface area contributed by atoms with E-state index in [-0.39, 0.29) is 37.5 Å². The van der Waals surface area contributed by atoms with Gasteiger partial charge in [0.25, 0.3) is 5.91 Å². The van der Waals surface area contributed by atoms with Crippen molar-refractivity contribution in [3.05, 3.63) is 77.6 Å². The number of fused-ring (bicyclic) bond motifs is 1. The molecule has 4 rings (SSSR count). The van der Waals surface area contributed by atoms with E-state index in [1.807, 2.05) is 13.8 Å². The fraction of sp³-hybridized carbons (Fsp3) is 0.310. The molecule has 2 aromatic carbocycles. The van der Waals surface area contributed by atoms with Crippen LogP contribution in [0.1, 0.15) is 47.8 Å². The van der Waals surface area contributed by atoms with E-state index < -0.39 is 23.8 Å². The monoisotopic (exact) mass is 548 g/mol.